The second kappa shape index (κ2) is 16.2. The highest BCUT2D eigenvalue weighted by Gasteiger charge is 1.64. The van der Waals surface area contributed by atoms with Crippen molar-refractivity contribution in [3.63, 3.8) is 0 Å². The zero-order valence-corrected chi connectivity index (χ0v) is 5.23. The number of hydrogen-bond donors (Lipinski definition) is 1. The van der Waals surface area contributed by atoms with Crippen LogP contribution in [0.4, 0.5) is 0 Å². The minimum atomic E-state index is 0.750. The molecular formula is C5H11NO2. The first-order valence-corrected chi connectivity index (χ1v) is 2.45. The number of hydrogen-bond acceptors (Lipinski definition) is 3. The molecule has 0 saturated carbocycles. The van der Waals surface area contributed by atoms with Crippen molar-refractivity contribution in [1.29, 1.82) is 5.41 Å². The van der Waals surface area contributed by atoms with E-state index in [-0.39, 0.29) is 0 Å². The van der Waals surface area contributed by atoms with Gasteiger partial charge in [-0.3, -0.25) is 0 Å². The van der Waals surface area contributed by atoms with Crippen molar-refractivity contribution in [3.8, 4) is 0 Å². The third-order valence-corrected chi connectivity index (χ3v) is 0.408. The van der Waals surface area contributed by atoms with Gasteiger partial charge in [0.15, 0.2) is 0 Å². The Morgan fingerprint density at radius 1 is 1.50 bits per heavy atom. The van der Waals surface area contributed by atoms with Gasteiger partial charge in [-0.2, -0.15) is 0 Å². The molecule has 0 atom stereocenters. The molecule has 0 rings (SSSR count). The SMILES string of the molecule is CCOCC.N=C=O. The summed E-state index contributed by atoms with van der Waals surface area (Å²) in [5.41, 5.74) is 0. The zero-order valence-electron chi connectivity index (χ0n) is 5.23. The molecule has 0 unspecified atom stereocenters. The maximum atomic E-state index is 8.35. The van der Waals surface area contributed by atoms with Gasteiger partial charge in [0.05, 0.1) is 0 Å². The Bertz CT molecular complexity index is 55.4. The van der Waals surface area contributed by atoms with Crippen LogP contribution in [0, 0.1) is 5.41 Å². The van der Waals surface area contributed by atoms with Crippen LogP contribution in [0.3, 0.4) is 0 Å². The number of carbonyl (C=O) groups excluding carboxylic acids is 1. The molecule has 0 spiro atoms. The number of isocyanates is 1. The van der Waals surface area contributed by atoms with Crippen molar-refractivity contribution in [2.45, 2.75) is 13.8 Å². The second-order valence-electron chi connectivity index (χ2n) is 0.884. The first kappa shape index (κ1) is 10.3. The zero-order chi connectivity index (χ0) is 6.83. The van der Waals surface area contributed by atoms with Crippen LogP contribution >= 0.6 is 0 Å². The van der Waals surface area contributed by atoms with E-state index in [1.165, 1.54) is 0 Å². The van der Waals surface area contributed by atoms with E-state index in [9.17, 15) is 0 Å². The largest absolute Gasteiger partial charge is 0.382 e. The van der Waals surface area contributed by atoms with E-state index in [0.29, 0.717) is 0 Å². The van der Waals surface area contributed by atoms with E-state index < -0.39 is 0 Å². The highest BCUT2D eigenvalue weighted by Crippen LogP contribution is 1.64. The lowest BCUT2D eigenvalue weighted by Crippen LogP contribution is -1.84. The smallest absolute Gasteiger partial charge is 0.231 e. The second-order valence-corrected chi connectivity index (χ2v) is 0.884. The Morgan fingerprint density at radius 2 is 1.75 bits per heavy atom. The van der Waals surface area contributed by atoms with Gasteiger partial charge >= 0.3 is 0 Å². The fraction of sp³-hybridized carbons (Fsp3) is 0.800. The van der Waals surface area contributed by atoms with Crippen molar-refractivity contribution in [1.82, 2.24) is 0 Å². The third-order valence-electron chi connectivity index (χ3n) is 0.408. The molecule has 0 radical (unpaired) electrons. The third kappa shape index (κ3) is 56.0. The Balaban J connectivity index is 0. The lowest BCUT2D eigenvalue weighted by atomic mass is 10.8. The van der Waals surface area contributed by atoms with Crippen LogP contribution < -0.4 is 0 Å². The normalized spacial score (nSPS) is 6.25. The van der Waals surface area contributed by atoms with Gasteiger partial charge in [-0.15, -0.1) is 0 Å². The predicted octanol–water partition coefficient (Wildman–Crippen LogP) is 0.944. The van der Waals surface area contributed by atoms with Gasteiger partial charge in [0, 0.05) is 13.2 Å². The summed E-state index contributed by atoms with van der Waals surface area (Å²) in [6, 6.07) is 0. The number of ether oxygens (including phenoxy) is 1. The van der Waals surface area contributed by atoms with E-state index in [0.717, 1.165) is 19.3 Å². The van der Waals surface area contributed by atoms with Gasteiger partial charge in [-0.25, -0.2) is 10.2 Å². The first-order valence-electron chi connectivity index (χ1n) is 2.45. The summed E-state index contributed by atoms with van der Waals surface area (Å²) in [5.74, 6) is 0. The van der Waals surface area contributed by atoms with Crippen LogP contribution in [-0.2, 0) is 9.53 Å². The van der Waals surface area contributed by atoms with E-state index in [1.54, 1.807) is 0 Å². The van der Waals surface area contributed by atoms with Crippen LogP contribution in [0.25, 0.3) is 0 Å². The molecule has 0 fully saturated rings. The molecule has 0 aromatic heterocycles. The maximum absolute atomic E-state index is 8.35. The minimum Gasteiger partial charge on any atom is -0.382 e. The van der Waals surface area contributed by atoms with Crippen molar-refractivity contribution < 1.29 is 9.53 Å². The molecule has 3 nitrogen and oxygen atoms in total. The summed E-state index contributed by atoms with van der Waals surface area (Å²) in [4.78, 5) is 8.35. The number of nitrogens with one attached hydrogen (secondary N) is 1. The predicted molar refractivity (Wildman–Crippen MR) is 30.6 cm³/mol. The summed E-state index contributed by atoms with van der Waals surface area (Å²) in [6.07, 6.45) is 0.750. The fourth-order valence-electron chi connectivity index (χ4n) is 0.204. The molecule has 1 N–H and O–H groups in total. The molecule has 3 heteroatoms. The van der Waals surface area contributed by atoms with Crippen LogP contribution in [-0.4, -0.2) is 19.3 Å². The molecule has 48 valence electrons. The Labute approximate surface area is 49.2 Å². The molecule has 0 aromatic rings. The summed E-state index contributed by atoms with van der Waals surface area (Å²) < 4.78 is 4.83. The van der Waals surface area contributed by atoms with Crippen molar-refractivity contribution in [3.05, 3.63) is 0 Å². The lowest BCUT2D eigenvalue weighted by Gasteiger charge is -1.86. The highest BCUT2D eigenvalue weighted by atomic mass is 16.5. The average molecular weight is 117 g/mol. The van der Waals surface area contributed by atoms with Gasteiger partial charge in [0.2, 0.25) is 6.08 Å². The Hall–Kier alpha value is -0.660. The maximum Gasteiger partial charge on any atom is 0.231 e. The average Bonchev–Trinajstić information content (AvgIpc) is 1.71. The van der Waals surface area contributed by atoms with Crippen LogP contribution in [0.15, 0.2) is 0 Å². The lowest BCUT2D eigenvalue weighted by molar-refractivity contribution is 0.162. The summed E-state index contributed by atoms with van der Waals surface area (Å²) >= 11 is 0. The summed E-state index contributed by atoms with van der Waals surface area (Å²) in [7, 11) is 0. The molecule has 0 saturated heterocycles. The molecule has 0 heterocycles. The molecule has 0 aromatic carbocycles. The molecule has 0 aliphatic carbocycles. The summed E-state index contributed by atoms with van der Waals surface area (Å²) in [6.45, 7) is 5.67. The Morgan fingerprint density at radius 3 is 1.75 bits per heavy atom. The molecule has 0 aliphatic heterocycles. The van der Waals surface area contributed by atoms with Crippen molar-refractivity contribution in [2.24, 2.45) is 0 Å². The van der Waals surface area contributed by atoms with E-state index in [4.69, 9.17) is 14.9 Å². The first-order chi connectivity index (χ1) is 3.83. The Kier molecular flexibility index (Phi) is 21.0. The van der Waals surface area contributed by atoms with E-state index in [1.807, 2.05) is 13.8 Å². The van der Waals surface area contributed by atoms with Crippen molar-refractivity contribution in [2.75, 3.05) is 13.2 Å². The van der Waals surface area contributed by atoms with Crippen LogP contribution in [0.1, 0.15) is 13.8 Å². The van der Waals surface area contributed by atoms with Gasteiger partial charge in [0.25, 0.3) is 0 Å². The molecular weight excluding hydrogens is 106 g/mol. The standard InChI is InChI=1S/C4H10O.CHNO/c1-3-5-4-2;2-1-3/h3-4H2,1-2H3;2H. The van der Waals surface area contributed by atoms with E-state index in [2.05, 4.69) is 0 Å². The molecule has 0 aliphatic rings. The van der Waals surface area contributed by atoms with Crippen molar-refractivity contribution >= 4 is 6.08 Å². The summed E-state index contributed by atoms with van der Waals surface area (Å²) in [5, 5.41) is 5.40. The van der Waals surface area contributed by atoms with Gasteiger partial charge < -0.3 is 4.74 Å². The molecule has 0 amide bonds. The van der Waals surface area contributed by atoms with E-state index >= 15 is 0 Å². The quantitative estimate of drug-likeness (QED) is 0.432. The van der Waals surface area contributed by atoms with Crippen LogP contribution in [0.2, 0.25) is 0 Å². The molecule has 8 heavy (non-hydrogen) atoms. The van der Waals surface area contributed by atoms with Gasteiger partial charge in [-0.1, -0.05) is 0 Å². The molecule has 0 bridgehead atoms. The topological polar surface area (TPSA) is 50.1 Å². The van der Waals surface area contributed by atoms with Gasteiger partial charge in [-0.05, 0) is 13.8 Å². The van der Waals surface area contributed by atoms with Gasteiger partial charge in [0.1, 0.15) is 0 Å². The fourth-order valence-corrected chi connectivity index (χ4v) is 0.204. The monoisotopic (exact) mass is 117 g/mol. The number of rotatable bonds is 2. The van der Waals surface area contributed by atoms with Crippen LogP contribution in [0.5, 0.6) is 0 Å². The highest BCUT2D eigenvalue weighted by molar-refractivity contribution is 5.26. The minimum absolute atomic E-state index is 0.750.